The number of rotatable bonds is 3. The highest BCUT2D eigenvalue weighted by molar-refractivity contribution is 6.41. The van der Waals surface area contributed by atoms with Crippen LogP contribution < -0.4 is 11.1 Å². The summed E-state index contributed by atoms with van der Waals surface area (Å²) in [4.78, 5) is 54.7. The van der Waals surface area contributed by atoms with Crippen LogP contribution in [0.25, 0.3) is 43.1 Å². The van der Waals surface area contributed by atoms with Crippen molar-refractivity contribution in [3.63, 3.8) is 0 Å². The van der Waals surface area contributed by atoms with Crippen molar-refractivity contribution in [1.82, 2.24) is 15.1 Å². The van der Waals surface area contributed by atoms with Gasteiger partial charge in [-0.1, -0.05) is 24.3 Å². The average molecular weight is 462 g/mol. The van der Waals surface area contributed by atoms with Crippen molar-refractivity contribution in [3.8, 4) is 0 Å². The molecule has 8 heteroatoms. The second kappa shape index (κ2) is 6.59. The fourth-order valence-electron chi connectivity index (χ4n) is 5.76. The predicted molar refractivity (Wildman–Crippen MR) is 132 cm³/mol. The Kier molecular flexibility index (Phi) is 3.77. The van der Waals surface area contributed by atoms with Gasteiger partial charge in [0.2, 0.25) is 0 Å². The number of nitrogens with zero attached hydrogens (tertiary/aromatic N) is 2. The van der Waals surface area contributed by atoms with Gasteiger partial charge in [0.25, 0.3) is 23.6 Å². The largest absolute Gasteiger partial charge is 0.318 e. The summed E-state index contributed by atoms with van der Waals surface area (Å²) in [6, 6.07) is 14.6. The van der Waals surface area contributed by atoms with Crippen LogP contribution in [0.3, 0.4) is 0 Å². The summed E-state index contributed by atoms with van der Waals surface area (Å²) < 4.78 is 0. The van der Waals surface area contributed by atoms with Crippen LogP contribution in [0.1, 0.15) is 41.4 Å². The minimum absolute atomic E-state index is 0.0306. The molecular weight excluding hydrogens is 444 g/mol. The maximum absolute atomic E-state index is 13.3. The fraction of sp³-hybridized carbons (Fsp3) is 0.111. The number of imide groups is 2. The summed E-state index contributed by atoms with van der Waals surface area (Å²) in [5.41, 5.74) is 7.41. The van der Waals surface area contributed by atoms with Crippen LogP contribution >= 0.6 is 0 Å². The highest BCUT2D eigenvalue weighted by Crippen LogP contribution is 2.45. The SMILES string of the molecule is CN1C(=O)c2ccc3c4ccc5c6c(ccc(c7ccc(c2c37)C1=O)c64)C(=O)N(CNCN)C5=O. The predicted octanol–water partition coefficient (Wildman–Crippen LogP) is 3.02. The zero-order valence-electron chi connectivity index (χ0n) is 18.6. The van der Waals surface area contributed by atoms with Gasteiger partial charge >= 0.3 is 0 Å². The summed E-state index contributed by atoms with van der Waals surface area (Å²) >= 11 is 0. The van der Waals surface area contributed by atoms with Gasteiger partial charge in [-0.25, -0.2) is 0 Å². The molecule has 0 unspecified atom stereocenters. The third kappa shape index (κ3) is 2.27. The Morgan fingerprint density at radius 1 is 0.600 bits per heavy atom. The number of fused-ring (bicyclic) bond motifs is 2. The van der Waals surface area contributed by atoms with Gasteiger partial charge in [-0.15, -0.1) is 0 Å². The first kappa shape index (κ1) is 20.0. The van der Waals surface area contributed by atoms with Crippen LogP contribution in [-0.2, 0) is 0 Å². The number of carbonyl (C=O) groups excluding carboxylic acids is 4. The van der Waals surface area contributed by atoms with Gasteiger partial charge in [0.15, 0.2) is 0 Å². The number of carbonyl (C=O) groups is 4. The first-order valence-electron chi connectivity index (χ1n) is 11.2. The maximum Gasteiger partial charge on any atom is 0.262 e. The van der Waals surface area contributed by atoms with Gasteiger partial charge in [0.05, 0.1) is 6.67 Å². The van der Waals surface area contributed by atoms with Gasteiger partial charge in [-0.2, -0.15) is 0 Å². The van der Waals surface area contributed by atoms with E-state index in [0.29, 0.717) is 33.0 Å². The second-order valence-corrected chi connectivity index (χ2v) is 8.96. The molecule has 5 aromatic rings. The number of benzene rings is 5. The van der Waals surface area contributed by atoms with Gasteiger partial charge in [0.1, 0.15) is 0 Å². The lowest BCUT2D eigenvalue weighted by molar-refractivity contribution is 0.0594. The quantitative estimate of drug-likeness (QED) is 0.184. The Hall–Kier alpha value is -4.40. The summed E-state index contributed by atoms with van der Waals surface area (Å²) in [5.74, 6) is -1.40. The molecule has 0 radical (unpaired) electrons. The zero-order valence-corrected chi connectivity index (χ0v) is 18.6. The van der Waals surface area contributed by atoms with Crippen molar-refractivity contribution in [3.05, 3.63) is 70.8 Å². The molecule has 5 aromatic carbocycles. The Labute approximate surface area is 198 Å². The standard InChI is InChI=1S/C27H18N4O4/c1-30-24(32)16-6-2-12-14-4-8-18-23-19(27(35)31(26(18)34)11-29-10-28)9-5-15(21(14)23)13-3-7-17(25(30)33)22(16)20(12)13/h2-9,29H,10-11,28H2,1H3. The Balaban J connectivity index is 1.64. The van der Waals surface area contributed by atoms with Crippen molar-refractivity contribution in [2.24, 2.45) is 5.73 Å². The van der Waals surface area contributed by atoms with Gasteiger partial charge in [0, 0.05) is 46.7 Å². The summed E-state index contributed by atoms with van der Waals surface area (Å²) in [6.45, 7) is 0.172. The van der Waals surface area contributed by atoms with Crippen molar-refractivity contribution in [1.29, 1.82) is 0 Å². The topological polar surface area (TPSA) is 113 Å². The highest BCUT2D eigenvalue weighted by Gasteiger charge is 2.35. The monoisotopic (exact) mass is 462 g/mol. The van der Waals surface area contributed by atoms with Gasteiger partial charge in [-0.05, 0) is 56.6 Å². The first-order valence-corrected chi connectivity index (χ1v) is 11.2. The molecule has 2 aliphatic rings. The molecule has 0 bridgehead atoms. The lowest BCUT2D eigenvalue weighted by Gasteiger charge is -2.29. The number of nitrogens with one attached hydrogen (secondary N) is 1. The summed E-state index contributed by atoms with van der Waals surface area (Å²) in [5, 5.41) is 9.27. The van der Waals surface area contributed by atoms with Crippen LogP contribution in [0.2, 0.25) is 0 Å². The third-order valence-electron chi connectivity index (χ3n) is 7.34. The Morgan fingerprint density at radius 2 is 0.971 bits per heavy atom. The molecular formula is C27H18N4O4. The third-order valence-corrected chi connectivity index (χ3v) is 7.34. The van der Waals surface area contributed by atoms with Crippen LogP contribution in [0.4, 0.5) is 0 Å². The van der Waals surface area contributed by atoms with E-state index in [1.54, 1.807) is 24.3 Å². The molecule has 0 spiro atoms. The van der Waals surface area contributed by atoms with E-state index in [1.165, 1.54) is 11.9 Å². The van der Waals surface area contributed by atoms with Crippen molar-refractivity contribution in [2.75, 3.05) is 20.4 Å². The van der Waals surface area contributed by atoms with E-state index in [4.69, 9.17) is 5.73 Å². The molecule has 3 N–H and O–H groups in total. The summed E-state index contributed by atoms with van der Waals surface area (Å²) in [7, 11) is 1.49. The molecule has 4 amide bonds. The molecule has 7 rings (SSSR count). The van der Waals surface area contributed by atoms with Crippen molar-refractivity contribution in [2.45, 2.75) is 0 Å². The van der Waals surface area contributed by atoms with E-state index in [0.717, 1.165) is 37.2 Å². The van der Waals surface area contributed by atoms with Gasteiger partial charge in [-0.3, -0.25) is 34.3 Å². The number of hydrogen-bond donors (Lipinski definition) is 2. The molecule has 2 aliphatic heterocycles. The first-order chi connectivity index (χ1) is 16.9. The molecule has 0 saturated heterocycles. The molecule has 0 aromatic heterocycles. The van der Waals surface area contributed by atoms with Crippen LogP contribution in [0, 0.1) is 0 Å². The molecule has 170 valence electrons. The highest BCUT2D eigenvalue weighted by atomic mass is 16.2. The lowest BCUT2D eigenvalue weighted by Crippen LogP contribution is -2.46. The van der Waals surface area contributed by atoms with Crippen molar-refractivity contribution < 1.29 is 19.2 Å². The molecule has 35 heavy (non-hydrogen) atoms. The molecule has 0 aliphatic carbocycles. The average Bonchev–Trinajstić information content (AvgIpc) is 2.88. The molecule has 2 heterocycles. The molecule has 0 saturated carbocycles. The Morgan fingerprint density at radius 3 is 1.34 bits per heavy atom. The summed E-state index contributed by atoms with van der Waals surface area (Å²) in [6.07, 6.45) is 0. The van der Waals surface area contributed by atoms with E-state index < -0.39 is 0 Å². The number of amides is 4. The fourth-order valence-corrected chi connectivity index (χ4v) is 5.76. The zero-order chi connectivity index (χ0) is 24.2. The minimum Gasteiger partial charge on any atom is -0.318 e. The van der Waals surface area contributed by atoms with Crippen LogP contribution in [0.5, 0.6) is 0 Å². The van der Waals surface area contributed by atoms with E-state index in [1.807, 2.05) is 24.3 Å². The van der Waals surface area contributed by atoms with E-state index >= 15 is 0 Å². The van der Waals surface area contributed by atoms with E-state index in [2.05, 4.69) is 5.32 Å². The molecule has 0 fully saturated rings. The van der Waals surface area contributed by atoms with Gasteiger partial charge < -0.3 is 5.73 Å². The molecule has 8 nitrogen and oxygen atoms in total. The molecule has 0 atom stereocenters. The Bertz CT molecular complexity index is 1720. The normalized spacial score (nSPS) is 15.6. The maximum atomic E-state index is 13.3. The smallest absolute Gasteiger partial charge is 0.262 e. The lowest BCUT2D eigenvalue weighted by atomic mass is 9.82. The minimum atomic E-state index is -0.373. The second-order valence-electron chi connectivity index (χ2n) is 8.96. The number of hydrogen-bond acceptors (Lipinski definition) is 6. The van der Waals surface area contributed by atoms with Crippen LogP contribution in [0.15, 0.2) is 48.5 Å². The number of nitrogens with two attached hydrogens (primary N) is 1. The van der Waals surface area contributed by atoms with E-state index in [-0.39, 0.29) is 37.0 Å². The van der Waals surface area contributed by atoms with Crippen LogP contribution in [-0.4, -0.2) is 53.8 Å². The van der Waals surface area contributed by atoms with E-state index in [9.17, 15) is 19.2 Å². The van der Waals surface area contributed by atoms with Crippen molar-refractivity contribution >= 4 is 66.7 Å².